The highest BCUT2D eigenvalue weighted by Crippen LogP contribution is 2.19. The first-order chi connectivity index (χ1) is 10.3. The van der Waals surface area contributed by atoms with E-state index in [1.165, 1.54) is 43.5 Å². The average Bonchev–Trinajstić information content (AvgIpc) is 2.46. The van der Waals surface area contributed by atoms with Gasteiger partial charge in [0.05, 0.1) is 7.11 Å². The van der Waals surface area contributed by atoms with E-state index in [9.17, 15) is 13.2 Å². The first-order valence-corrected chi connectivity index (χ1v) is 7.81. The maximum atomic E-state index is 12.1. The third kappa shape index (κ3) is 3.43. The zero-order chi connectivity index (χ0) is 16.3. The molecule has 0 aromatic heterocycles. The number of carbonyl (C=O) groups excluding carboxylic acids is 1. The van der Waals surface area contributed by atoms with Crippen molar-refractivity contribution in [3.8, 4) is 5.75 Å². The highest BCUT2D eigenvalue weighted by molar-refractivity contribution is 7.86. The zero-order valence-electron chi connectivity index (χ0n) is 12.4. The summed E-state index contributed by atoms with van der Waals surface area (Å²) in [5, 5.41) is 3.68. The number of allylic oxidation sites excluding steroid dienone is 4. The molecule has 0 spiro atoms. The van der Waals surface area contributed by atoms with E-state index in [1.54, 1.807) is 13.8 Å². The number of rotatable bonds is 4. The summed E-state index contributed by atoms with van der Waals surface area (Å²) >= 11 is 0. The van der Waals surface area contributed by atoms with Crippen molar-refractivity contribution in [2.75, 3.05) is 7.11 Å². The first-order valence-electron chi connectivity index (χ1n) is 6.40. The molecule has 0 atom stereocenters. The Morgan fingerprint density at radius 1 is 1.00 bits per heavy atom. The van der Waals surface area contributed by atoms with Crippen molar-refractivity contribution < 1.29 is 22.2 Å². The van der Waals surface area contributed by atoms with Crippen molar-refractivity contribution in [1.82, 2.24) is 0 Å². The molecule has 0 unspecified atom stereocenters. The second kappa shape index (κ2) is 6.15. The van der Waals surface area contributed by atoms with Gasteiger partial charge >= 0.3 is 10.1 Å². The molecule has 1 aliphatic rings. The van der Waals surface area contributed by atoms with Gasteiger partial charge in [0.15, 0.2) is 5.78 Å². The molecule has 22 heavy (non-hydrogen) atoms. The summed E-state index contributed by atoms with van der Waals surface area (Å²) < 4.78 is 33.8. The van der Waals surface area contributed by atoms with Gasteiger partial charge in [0.2, 0.25) is 0 Å². The number of ether oxygens (including phenoxy) is 1. The summed E-state index contributed by atoms with van der Waals surface area (Å²) in [5.41, 5.74) is 1.43. The summed E-state index contributed by atoms with van der Waals surface area (Å²) in [4.78, 5) is 11.3. The topological polar surface area (TPSA) is 82.0 Å². The second-order valence-corrected chi connectivity index (χ2v) is 6.23. The highest BCUT2D eigenvalue weighted by Gasteiger charge is 2.19. The van der Waals surface area contributed by atoms with E-state index in [1.807, 2.05) is 0 Å². The quantitative estimate of drug-likeness (QED) is 0.627. The lowest BCUT2D eigenvalue weighted by Crippen LogP contribution is -2.13. The average molecular weight is 321 g/mol. The Labute approximate surface area is 128 Å². The van der Waals surface area contributed by atoms with Crippen molar-refractivity contribution in [2.24, 2.45) is 5.16 Å². The van der Waals surface area contributed by atoms with Gasteiger partial charge in [-0.05, 0) is 61.4 Å². The molecular formula is C15H15NO5S. The van der Waals surface area contributed by atoms with Crippen LogP contribution in [0, 0.1) is 0 Å². The maximum Gasteiger partial charge on any atom is 0.358 e. The van der Waals surface area contributed by atoms with Gasteiger partial charge in [0, 0.05) is 0 Å². The predicted molar refractivity (Wildman–Crippen MR) is 81.2 cm³/mol. The van der Waals surface area contributed by atoms with Crippen LogP contribution in [-0.4, -0.2) is 27.0 Å². The molecule has 2 rings (SSSR count). The molecular weight excluding hydrogens is 306 g/mol. The molecule has 6 nitrogen and oxygen atoms in total. The Bertz CT molecular complexity index is 762. The van der Waals surface area contributed by atoms with Crippen LogP contribution < -0.4 is 4.74 Å². The van der Waals surface area contributed by atoms with Crippen molar-refractivity contribution in [1.29, 1.82) is 0 Å². The lowest BCUT2D eigenvalue weighted by atomic mass is 9.98. The predicted octanol–water partition coefficient (Wildman–Crippen LogP) is 2.23. The Hall–Kier alpha value is -2.41. The van der Waals surface area contributed by atoms with Crippen LogP contribution in [0.25, 0.3) is 0 Å². The van der Waals surface area contributed by atoms with Crippen molar-refractivity contribution in [3.63, 3.8) is 0 Å². The Kier molecular flexibility index (Phi) is 4.46. The molecule has 1 aliphatic carbocycles. The number of nitrogens with zero attached hydrogens (tertiary/aromatic N) is 1. The number of methoxy groups -OCH3 is 1. The van der Waals surface area contributed by atoms with E-state index in [0.717, 1.165) is 0 Å². The highest BCUT2D eigenvalue weighted by atomic mass is 32.2. The number of benzene rings is 1. The van der Waals surface area contributed by atoms with E-state index in [2.05, 4.69) is 5.16 Å². The van der Waals surface area contributed by atoms with E-state index < -0.39 is 10.1 Å². The van der Waals surface area contributed by atoms with Crippen LogP contribution in [0.15, 0.2) is 57.6 Å². The number of ketones is 1. The van der Waals surface area contributed by atoms with Crippen molar-refractivity contribution >= 4 is 21.6 Å². The molecule has 0 radical (unpaired) electrons. The number of hydrogen-bond donors (Lipinski definition) is 0. The van der Waals surface area contributed by atoms with Gasteiger partial charge in [-0.2, -0.15) is 8.42 Å². The van der Waals surface area contributed by atoms with Crippen molar-refractivity contribution in [2.45, 2.75) is 18.7 Å². The smallest absolute Gasteiger partial charge is 0.358 e. The molecule has 116 valence electrons. The molecule has 0 N–H and O–H groups in total. The van der Waals surface area contributed by atoms with Gasteiger partial charge in [-0.3, -0.25) is 9.08 Å². The molecule has 0 saturated heterocycles. The van der Waals surface area contributed by atoms with Crippen LogP contribution in [0.3, 0.4) is 0 Å². The largest absolute Gasteiger partial charge is 0.497 e. The van der Waals surface area contributed by atoms with Crippen LogP contribution in [0.4, 0.5) is 0 Å². The summed E-state index contributed by atoms with van der Waals surface area (Å²) in [6.07, 6.45) is 2.74. The summed E-state index contributed by atoms with van der Waals surface area (Å²) in [6, 6.07) is 5.76. The summed E-state index contributed by atoms with van der Waals surface area (Å²) in [5.74, 6) is 0.376. The molecule has 0 bridgehead atoms. The van der Waals surface area contributed by atoms with Crippen LogP contribution in [0.2, 0.25) is 0 Å². The fraction of sp³-hybridized carbons (Fsp3) is 0.200. The normalized spacial score (nSPS) is 15.0. The Morgan fingerprint density at radius 3 is 2.05 bits per heavy atom. The molecule has 0 heterocycles. The standard InChI is InChI=1S/C15H15NO5S/c1-10-8-12(17)9-11(2)15(10)16-21-22(18,19)14-6-4-13(20-3)5-7-14/h4-9H,1-3H3. The van der Waals surface area contributed by atoms with E-state index >= 15 is 0 Å². The van der Waals surface area contributed by atoms with Crippen LogP contribution >= 0.6 is 0 Å². The zero-order valence-corrected chi connectivity index (χ0v) is 13.2. The van der Waals surface area contributed by atoms with Gasteiger partial charge in [-0.15, -0.1) is 0 Å². The number of oxime groups is 1. The fourth-order valence-electron chi connectivity index (χ4n) is 1.93. The molecule has 0 fully saturated rings. The molecule has 0 amide bonds. The van der Waals surface area contributed by atoms with Crippen LogP contribution in [0.5, 0.6) is 5.75 Å². The maximum absolute atomic E-state index is 12.1. The number of carbonyl (C=O) groups is 1. The summed E-state index contributed by atoms with van der Waals surface area (Å²) in [7, 11) is -2.54. The SMILES string of the molecule is COc1ccc(S(=O)(=O)ON=C2C(C)=CC(=O)C=C2C)cc1. The third-order valence-corrected chi connectivity index (χ3v) is 4.16. The lowest BCUT2D eigenvalue weighted by Gasteiger charge is -2.11. The minimum Gasteiger partial charge on any atom is -0.497 e. The molecule has 7 heteroatoms. The van der Waals surface area contributed by atoms with Gasteiger partial charge in [0.25, 0.3) is 0 Å². The first kappa shape index (κ1) is 16.0. The van der Waals surface area contributed by atoms with E-state index in [4.69, 9.17) is 9.02 Å². The second-order valence-electron chi connectivity index (χ2n) is 4.70. The minimum absolute atomic E-state index is 0.0344. The monoisotopic (exact) mass is 321 g/mol. The molecule has 0 saturated carbocycles. The lowest BCUT2D eigenvalue weighted by molar-refractivity contribution is -0.110. The molecule has 0 aliphatic heterocycles. The Morgan fingerprint density at radius 2 is 1.55 bits per heavy atom. The van der Waals surface area contributed by atoms with Gasteiger partial charge in [-0.25, -0.2) is 0 Å². The van der Waals surface area contributed by atoms with Crippen LogP contribution in [-0.2, 0) is 19.2 Å². The van der Waals surface area contributed by atoms with E-state index in [-0.39, 0.29) is 10.7 Å². The van der Waals surface area contributed by atoms with Gasteiger partial charge < -0.3 is 4.74 Å². The Balaban J connectivity index is 2.25. The minimum atomic E-state index is -4.03. The van der Waals surface area contributed by atoms with Crippen LogP contribution in [0.1, 0.15) is 13.8 Å². The fourth-order valence-corrected chi connectivity index (χ4v) is 2.66. The number of hydrogen-bond acceptors (Lipinski definition) is 6. The summed E-state index contributed by atoms with van der Waals surface area (Å²) in [6.45, 7) is 3.33. The molecule has 1 aromatic rings. The van der Waals surface area contributed by atoms with E-state index in [0.29, 0.717) is 22.6 Å². The van der Waals surface area contributed by atoms with Gasteiger partial charge in [-0.1, -0.05) is 5.16 Å². The third-order valence-electron chi connectivity index (χ3n) is 3.04. The molecule has 1 aromatic carbocycles. The van der Waals surface area contributed by atoms with Crippen molar-refractivity contribution in [3.05, 3.63) is 47.6 Å². The van der Waals surface area contributed by atoms with Gasteiger partial charge in [0.1, 0.15) is 16.4 Å².